The third-order valence-corrected chi connectivity index (χ3v) is 4.55. The highest BCUT2D eigenvalue weighted by atomic mass is 16.2. The Morgan fingerprint density at radius 2 is 1.80 bits per heavy atom. The van der Waals surface area contributed by atoms with Gasteiger partial charge in [-0.1, -0.05) is 24.3 Å². The Labute approximate surface area is 176 Å². The Morgan fingerprint density at radius 1 is 1.00 bits per heavy atom. The number of urea groups is 1. The van der Waals surface area contributed by atoms with Crippen LogP contribution in [-0.4, -0.2) is 31.0 Å². The van der Waals surface area contributed by atoms with Crippen molar-refractivity contribution >= 4 is 29.0 Å². The molecule has 1 heterocycles. The fourth-order valence-corrected chi connectivity index (χ4v) is 2.96. The third-order valence-electron chi connectivity index (χ3n) is 4.55. The van der Waals surface area contributed by atoms with Crippen LogP contribution in [0.3, 0.4) is 0 Å². The molecule has 0 fully saturated rings. The molecule has 7 nitrogen and oxygen atoms in total. The maximum absolute atomic E-state index is 12.8. The van der Waals surface area contributed by atoms with Gasteiger partial charge < -0.3 is 20.9 Å². The molecule has 3 aromatic rings. The summed E-state index contributed by atoms with van der Waals surface area (Å²) in [7, 11) is 3.73. The van der Waals surface area contributed by atoms with Gasteiger partial charge in [0.15, 0.2) is 0 Å². The number of nitrogens with one attached hydrogen (secondary N) is 3. The number of hydrogen-bond acceptors (Lipinski definition) is 4. The molecule has 7 heteroatoms. The lowest BCUT2D eigenvalue weighted by Crippen LogP contribution is -2.26. The van der Waals surface area contributed by atoms with E-state index in [4.69, 9.17) is 0 Å². The average molecular weight is 403 g/mol. The van der Waals surface area contributed by atoms with E-state index in [1.54, 1.807) is 24.5 Å². The summed E-state index contributed by atoms with van der Waals surface area (Å²) in [6, 6.07) is 16.1. The summed E-state index contributed by atoms with van der Waals surface area (Å²) in [5.74, 6) is -0.231. The van der Waals surface area contributed by atoms with Crippen LogP contribution in [0.2, 0.25) is 0 Å². The number of anilines is 3. The number of aromatic nitrogens is 1. The van der Waals surface area contributed by atoms with Crippen molar-refractivity contribution in [2.45, 2.75) is 13.5 Å². The minimum atomic E-state index is -0.372. The topological polar surface area (TPSA) is 86.4 Å². The molecular formula is C23H25N5O2. The molecule has 2 aromatic carbocycles. The summed E-state index contributed by atoms with van der Waals surface area (Å²) in [6.45, 7) is 2.29. The zero-order valence-electron chi connectivity index (χ0n) is 17.3. The van der Waals surface area contributed by atoms with E-state index in [0.717, 1.165) is 22.5 Å². The van der Waals surface area contributed by atoms with Crippen molar-refractivity contribution in [1.29, 1.82) is 0 Å². The lowest BCUT2D eigenvalue weighted by Gasteiger charge is -2.19. The minimum Gasteiger partial charge on any atom is -0.377 e. The average Bonchev–Trinajstić information content (AvgIpc) is 2.74. The van der Waals surface area contributed by atoms with Crippen molar-refractivity contribution in [3.05, 3.63) is 83.7 Å². The van der Waals surface area contributed by atoms with Crippen molar-refractivity contribution in [3.63, 3.8) is 0 Å². The summed E-state index contributed by atoms with van der Waals surface area (Å²) >= 11 is 0. The van der Waals surface area contributed by atoms with Gasteiger partial charge in [-0.25, -0.2) is 4.79 Å². The Morgan fingerprint density at radius 3 is 2.50 bits per heavy atom. The summed E-state index contributed by atoms with van der Waals surface area (Å²) in [6.07, 6.45) is 3.40. The first-order valence-corrected chi connectivity index (χ1v) is 9.56. The van der Waals surface area contributed by atoms with E-state index in [9.17, 15) is 9.59 Å². The lowest BCUT2D eigenvalue weighted by molar-refractivity contribution is 0.0951. The summed E-state index contributed by atoms with van der Waals surface area (Å²) in [5.41, 5.74) is 4.35. The van der Waals surface area contributed by atoms with Crippen LogP contribution >= 0.6 is 0 Å². The molecule has 154 valence electrons. The van der Waals surface area contributed by atoms with Gasteiger partial charge in [0, 0.05) is 50.1 Å². The number of amides is 3. The molecule has 0 atom stereocenters. The van der Waals surface area contributed by atoms with E-state index in [1.807, 2.05) is 68.4 Å². The van der Waals surface area contributed by atoms with Crippen molar-refractivity contribution in [1.82, 2.24) is 10.3 Å². The van der Waals surface area contributed by atoms with Crippen LogP contribution in [0.25, 0.3) is 0 Å². The van der Waals surface area contributed by atoms with Crippen molar-refractivity contribution in [2.75, 3.05) is 29.6 Å². The van der Waals surface area contributed by atoms with Gasteiger partial charge >= 0.3 is 6.03 Å². The highest BCUT2D eigenvalue weighted by Gasteiger charge is 2.15. The highest BCUT2D eigenvalue weighted by molar-refractivity contribution is 6.04. The van der Waals surface area contributed by atoms with E-state index in [2.05, 4.69) is 20.9 Å². The van der Waals surface area contributed by atoms with E-state index < -0.39 is 0 Å². The van der Waals surface area contributed by atoms with Gasteiger partial charge in [0.25, 0.3) is 5.91 Å². The molecule has 0 saturated carbocycles. The van der Waals surface area contributed by atoms with Gasteiger partial charge in [-0.2, -0.15) is 0 Å². The van der Waals surface area contributed by atoms with Gasteiger partial charge in [0.2, 0.25) is 0 Å². The number of carbonyl (C=O) groups is 2. The Bertz CT molecular complexity index is 1030. The largest absolute Gasteiger partial charge is 0.377 e. The highest BCUT2D eigenvalue weighted by Crippen LogP contribution is 2.23. The normalized spacial score (nSPS) is 10.2. The number of carbonyl (C=O) groups excluding carboxylic acids is 2. The number of pyridine rings is 1. The molecule has 3 rings (SSSR count). The van der Waals surface area contributed by atoms with Crippen LogP contribution in [0, 0.1) is 6.92 Å². The molecule has 3 N–H and O–H groups in total. The zero-order valence-corrected chi connectivity index (χ0v) is 17.3. The maximum Gasteiger partial charge on any atom is 0.323 e. The predicted molar refractivity (Wildman–Crippen MR) is 120 cm³/mol. The van der Waals surface area contributed by atoms with Gasteiger partial charge in [0.05, 0.1) is 5.56 Å². The molecule has 0 spiro atoms. The summed E-state index contributed by atoms with van der Waals surface area (Å²) in [5, 5.41) is 8.52. The second-order valence-corrected chi connectivity index (χ2v) is 7.06. The van der Waals surface area contributed by atoms with E-state index in [-0.39, 0.29) is 11.9 Å². The SMILES string of the molecule is Cc1ccccc1NC(=O)Nc1ccc(N(C)C)c(C(=O)NCc2cccnc2)c1. The smallest absolute Gasteiger partial charge is 0.323 e. The van der Waals surface area contributed by atoms with Gasteiger partial charge in [-0.3, -0.25) is 9.78 Å². The van der Waals surface area contributed by atoms with Gasteiger partial charge in [-0.05, 0) is 48.4 Å². The minimum absolute atomic E-state index is 0.231. The van der Waals surface area contributed by atoms with E-state index >= 15 is 0 Å². The fraction of sp³-hybridized carbons (Fsp3) is 0.174. The molecule has 1 aromatic heterocycles. The van der Waals surface area contributed by atoms with E-state index in [1.165, 1.54) is 0 Å². The Hall–Kier alpha value is -3.87. The molecule has 0 unspecified atom stereocenters. The van der Waals surface area contributed by atoms with Crippen LogP contribution in [0.1, 0.15) is 21.5 Å². The van der Waals surface area contributed by atoms with Crippen molar-refractivity contribution < 1.29 is 9.59 Å². The molecule has 3 amide bonds. The molecule has 0 saturated heterocycles. The second kappa shape index (κ2) is 9.56. The number of nitrogens with zero attached hydrogens (tertiary/aromatic N) is 2. The Balaban J connectivity index is 1.74. The quantitative estimate of drug-likeness (QED) is 0.580. The monoisotopic (exact) mass is 403 g/mol. The van der Waals surface area contributed by atoms with Crippen LogP contribution in [0.4, 0.5) is 21.9 Å². The van der Waals surface area contributed by atoms with Gasteiger partial charge in [-0.15, -0.1) is 0 Å². The number of benzene rings is 2. The summed E-state index contributed by atoms with van der Waals surface area (Å²) in [4.78, 5) is 31.1. The number of hydrogen-bond donors (Lipinski definition) is 3. The van der Waals surface area contributed by atoms with Crippen LogP contribution in [0.5, 0.6) is 0 Å². The van der Waals surface area contributed by atoms with Crippen LogP contribution < -0.4 is 20.9 Å². The molecule has 0 aliphatic carbocycles. The van der Waals surface area contributed by atoms with Crippen LogP contribution in [0.15, 0.2) is 67.0 Å². The number of rotatable bonds is 6. The number of aryl methyl sites for hydroxylation is 1. The first-order chi connectivity index (χ1) is 14.4. The molecule has 0 radical (unpaired) electrons. The van der Waals surface area contributed by atoms with Crippen molar-refractivity contribution in [2.24, 2.45) is 0 Å². The molecule has 30 heavy (non-hydrogen) atoms. The van der Waals surface area contributed by atoms with Gasteiger partial charge in [0.1, 0.15) is 0 Å². The predicted octanol–water partition coefficient (Wildman–Crippen LogP) is 4.03. The first kappa shape index (κ1) is 20.9. The maximum atomic E-state index is 12.8. The lowest BCUT2D eigenvalue weighted by atomic mass is 10.1. The van der Waals surface area contributed by atoms with E-state index in [0.29, 0.717) is 17.8 Å². The molecule has 0 aliphatic rings. The standard InChI is InChI=1S/C23H25N5O2/c1-16-7-4-5-9-20(16)27-23(30)26-18-10-11-21(28(2)3)19(13-18)22(29)25-15-17-8-6-12-24-14-17/h4-14H,15H2,1-3H3,(H,25,29)(H2,26,27,30). The Kier molecular flexibility index (Phi) is 6.64. The molecular weight excluding hydrogens is 378 g/mol. The number of para-hydroxylation sites is 1. The third kappa shape index (κ3) is 5.35. The molecule has 0 bridgehead atoms. The molecule has 0 aliphatic heterocycles. The second-order valence-electron chi connectivity index (χ2n) is 7.06. The van der Waals surface area contributed by atoms with Crippen LogP contribution in [-0.2, 0) is 6.54 Å². The fourth-order valence-electron chi connectivity index (χ4n) is 2.96. The van der Waals surface area contributed by atoms with Crippen molar-refractivity contribution in [3.8, 4) is 0 Å². The first-order valence-electron chi connectivity index (χ1n) is 9.56. The summed E-state index contributed by atoms with van der Waals surface area (Å²) < 4.78 is 0. The zero-order chi connectivity index (χ0) is 21.5.